The average molecular weight is 315 g/mol. The van der Waals surface area contributed by atoms with Crippen molar-refractivity contribution < 1.29 is 4.79 Å². The molecule has 1 amide bonds. The standard InChI is InChI=1S/C20H17N3O/c21-20(24)12-11-18-17(15-6-5-13-22-14-15)9-4-10-19(18)23-16-7-2-1-3-8-16/h1-14,23H,(H2,21,24). The van der Waals surface area contributed by atoms with E-state index in [1.54, 1.807) is 18.5 Å². The molecule has 0 atom stereocenters. The van der Waals surface area contributed by atoms with Gasteiger partial charge >= 0.3 is 0 Å². The number of nitrogens with two attached hydrogens (primary N) is 1. The van der Waals surface area contributed by atoms with Gasteiger partial charge in [0.15, 0.2) is 0 Å². The molecular formula is C20H17N3O. The summed E-state index contributed by atoms with van der Waals surface area (Å²) in [7, 11) is 0. The Kier molecular flexibility index (Phi) is 4.68. The maximum absolute atomic E-state index is 11.2. The second-order valence-electron chi connectivity index (χ2n) is 5.24. The van der Waals surface area contributed by atoms with Gasteiger partial charge in [0.05, 0.1) is 0 Å². The van der Waals surface area contributed by atoms with Crippen molar-refractivity contribution in [3.63, 3.8) is 0 Å². The number of anilines is 2. The van der Waals surface area contributed by atoms with E-state index < -0.39 is 5.91 Å². The Morgan fingerprint density at radius 3 is 2.54 bits per heavy atom. The molecule has 2 aromatic carbocycles. The number of benzene rings is 2. The zero-order chi connectivity index (χ0) is 16.8. The third-order valence-corrected chi connectivity index (χ3v) is 3.55. The van der Waals surface area contributed by atoms with E-state index in [9.17, 15) is 4.79 Å². The van der Waals surface area contributed by atoms with Crippen LogP contribution in [0.3, 0.4) is 0 Å². The first kappa shape index (κ1) is 15.5. The van der Waals surface area contributed by atoms with Gasteiger partial charge in [0.25, 0.3) is 0 Å². The lowest BCUT2D eigenvalue weighted by Gasteiger charge is -2.14. The lowest BCUT2D eigenvalue weighted by Crippen LogP contribution is -2.05. The van der Waals surface area contributed by atoms with Gasteiger partial charge < -0.3 is 11.1 Å². The van der Waals surface area contributed by atoms with Gasteiger partial charge in [0.2, 0.25) is 5.91 Å². The van der Waals surface area contributed by atoms with Gasteiger partial charge in [0.1, 0.15) is 0 Å². The fourth-order valence-corrected chi connectivity index (χ4v) is 2.47. The predicted octanol–water partition coefficient (Wildman–Crippen LogP) is 3.99. The normalized spacial score (nSPS) is 10.7. The van der Waals surface area contributed by atoms with Crippen molar-refractivity contribution in [1.82, 2.24) is 4.98 Å². The van der Waals surface area contributed by atoms with Crippen LogP contribution in [0.25, 0.3) is 17.2 Å². The number of carbonyl (C=O) groups is 1. The molecule has 3 rings (SSSR count). The van der Waals surface area contributed by atoms with E-state index in [1.807, 2.05) is 60.7 Å². The first-order chi connectivity index (χ1) is 11.7. The quantitative estimate of drug-likeness (QED) is 0.699. The molecule has 0 saturated carbocycles. The number of hydrogen-bond donors (Lipinski definition) is 2. The Labute approximate surface area is 140 Å². The molecule has 0 unspecified atom stereocenters. The van der Waals surface area contributed by atoms with E-state index in [2.05, 4.69) is 10.3 Å². The summed E-state index contributed by atoms with van der Waals surface area (Å²) < 4.78 is 0. The van der Waals surface area contributed by atoms with Crippen molar-refractivity contribution in [2.45, 2.75) is 0 Å². The fourth-order valence-electron chi connectivity index (χ4n) is 2.47. The number of carbonyl (C=O) groups excluding carboxylic acids is 1. The molecule has 0 spiro atoms. The molecule has 0 radical (unpaired) electrons. The van der Waals surface area contributed by atoms with Gasteiger partial charge in [-0.05, 0) is 35.9 Å². The van der Waals surface area contributed by atoms with Gasteiger partial charge in [-0.2, -0.15) is 0 Å². The molecule has 0 fully saturated rings. The number of para-hydroxylation sites is 1. The van der Waals surface area contributed by atoms with Crippen molar-refractivity contribution in [2.24, 2.45) is 5.73 Å². The van der Waals surface area contributed by atoms with Crippen LogP contribution in [0.5, 0.6) is 0 Å². The van der Waals surface area contributed by atoms with Crippen LogP contribution >= 0.6 is 0 Å². The van der Waals surface area contributed by atoms with Gasteiger partial charge in [-0.15, -0.1) is 0 Å². The minimum Gasteiger partial charge on any atom is -0.366 e. The van der Waals surface area contributed by atoms with Crippen LogP contribution in [-0.4, -0.2) is 10.9 Å². The summed E-state index contributed by atoms with van der Waals surface area (Å²) in [4.78, 5) is 15.4. The van der Waals surface area contributed by atoms with Gasteiger partial charge in [-0.3, -0.25) is 9.78 Å². The molecule has 4 nitrogen and oxygen atoms in total. The Bertz CT molecular complexity index is 859. The largest absolute Gasteiger partial charge is 0.366 e. The zero-order valence-electron chi connectivity index (χ0n) is 13.0. The van der Waals surface area contributed by atoms with Crippen molar-refractivity contribution in [3.05, 3.63) is 84.7 Å². The van der Waals surface area contributed by atoms with E-state index in [0.717, 1.165) is 28.1 Å². The first-order valence-corrected chi connectivity index (χ1v) is 7.57. The van der Waals surface area contributed by atoms with Crippen molar-refractivity contribution in [1.29, 1.82) is 0 Å². The van der Waals surface area contributed by atoms with Crippen molar-refractivity contribution in [3.8, 4) is 11.1 Å². The smallest absolute Gasteiger partial charge is 0.241 e. The SMILES string of the molecule is NC(=O)C=Cc1c(Nc2ccccc2)cccc1-c1cccnc1. The molecule has 0 aliphatic rings. The third kappa shape index (κ3) is 3.67. The highest BCUT2D eigenvalue weighted by molar-refractivity contribution is 5.94. The van der Waals surface area contributed by atoms with E-state index in [0.29, 0.717) is 0 Å². The van der Waals surface area contributed by atoms with Crippen LogP contribution in [0.4, 0.5) is 11.4 Å². The van der Waals surface area contributed by atoms with Gasteiger partial charge in [-0.1, -0.05) is 36.4 Å². The molecule has 0 saturated heterocycles. The molecule has 1 heterocycles. The number of amides is 1. The van der Waals surface area contributed by atoms with E-state index in [4.69, 9.17) is 5.73 Å². The highest BCUT2D eigenvalue weighted by Crippen LogP contribution is 2.31. The molecule has 0 bridgehead atoms. The first-order valence-electron chi connectivity index (χ1n) is 7.57. The van der Waals surface area contributed by atoms with E-state index in [-0.39, 0.29) is 0 Å². The Morgan fingerprint density at radius 2 is 1.83 bits per heavy atom. The second kappa shape index (κ2) is 7.24. The molecule has 4 heteroatoms. The molecule has 3 aromatic rings. The topological polar surface area (TPSA) is 68.0 Å². The Hall–Kier alpha value is -3.40. The highest BCUT2D eigenvalue weighted by Gasteiger charge is 2.09. The lowest BCUT2D eigenvalue weighted by molar-refractivity contribution is -0.113. The van der Waals surface area contributed by atoms with Crippen LogP contribution < -0.4 is 11.1 Å². The van der Waals surface area contributed by atoms with Crippen molar-refractivity contribution in [2.75, 3.05) is 5.32 Å². The second-order valence-corrected chi connectivity index (χ2v) is 5.24. The van der Waals surface area contributed by atoms with Crippen LogP contribution in [0.15, 0.2) is 79.1 Å². The number of rotatable bonds is 5. The lowest BCUT2D eigenvalue weighted by atomic mass is 9.98. The summed E-state index contributed by atoms with van der Waals surface area (Å²) in [6, 6.07) is 19.7. The predicted molar refractivity (Wildman–Crippen MR) is 97.6 cm³/mol. The van der Waals surface area contributed by atoms with E-state index in [1.165, 1.54) is 6.08 Å². The van der Waals surface area contributed by atoms with Crippen LogP contribution in [-0.2, 0) is 4.79 Å². The minimum absolute atomic E-state index is 0.485. The van der Waals surface area contributed by atoms with Crippen LogP contribution in [0.1, 0.15) is 5.56 Å². The number of hydrogen-bond acceptors (Lipinski definition) is 3. The van der Waals surface area contributed by atoms with Gasteiger partial charge in [-0.25, -0.2) is 0 Å². The Morgan fingerprint density at radius 1 is 1.00 bits per heavy atom. The summed E-state index contributed by atoms with van der Waals surface area (Å²) in [5, 5.41) is 3.38. The maximum Gasteiger partial charge on any atom is 0.241 e. The molecule has 0 aliphatic heterocycles. The monoisotopic (exact) mass is 315 g/mol. The van der Waals surface area contributed by atoms with Crippen LogP contribution in [0, 0.1) is 0 Å². The third-order valence-electron chi connectivity index (χ3n) is 3.55. The molecule has 24 heavy (non-hydrogen) atoms. The molecule has 1 aromatic heterocycles. The summed E-state index contributed by atoms with van der Waals surface area (Å²) in [5.41, 5.74) is 9.96. The minimum atomic E-state index is -0.485. The van der Waals surface area contributed by atoms with Crippen LogP contribution in [0.2, 0.25) is 0 Å². The molecule has 118 valence electrons. The number of pyridine rings is 1. The van der Waals surface area contributed by atoms with Crippen molar-refractivity contribution >= 4 is 23.4 Å². The average Bonchev–Trinajstić information content (AvgIpc) is 2.62. The summed E-state index contributed by atoms with van der Waals surface area (Å²) >= 11 is 0. The van der Waals surface area contributed by atoms with Gasteiger partial charge in [0, 0.05) is 41.0 Å². The fraction of sp³-hybridized carbons (Fsp3) is 0. The highest BCUT2D eigenvalue weighted by atomic mass is 16.1. The number of nitrogens with zero attached hydrogens (tertiary/aromatic N) is 1. The summed E-state index contributed by atoms with van der Waals surface area (Å²) in [6.45, 7) is 0. The molecule has 3 N–H and O–H groups in total. The van der Waals surface area contributed by atoms with E-state index >= 15 is 0 Å². The summed E-state index contributed by atoms with van der Waals surface area (Å²) in [6.07, 6.45) is 6.62. The number of nitrogens with one attached hydrogen (secondary N) is 1. The maximum atomic E-state index is 11.2. The Balaban J connectivity index is 2.09. The zero-order valence-corrected chi connectivity index (χ0v) is 13.0. The number of primary amides is 1. The summed E-state index contributed by atoms with van der Waals surface area (Å²) in [5.74, 6) is -0.485. The molecule has 0 aliphatic carbocycles. The number of aromatic nitrogens is 1. The molecular weight excluding hydrogens is 298 g/mol.